The second kappa shape index (κ2) is 5.33. The quantitative estimate of drug-likeness (QED) is 0.850. The molecule has 3 nitrogen and oxygen atoms in total. The third-order valence-corrected chi connectivity index (χ3v) is 2.26. The summed E-state index contributed by atoms with van der Waals surface area (Å²) in [4.78, 5) is 4.13. The molecule has 4 heteroatoms. The van der Waals surface area contributed by atoms with Gasteiger partial charge in [-0.1, -0.05) is 26.8 Å². The highest BCUT2D eigenvalue weighted by Crippen LogP contribution is 2.30. The monoisotopic (exact) mass is 230 g/mol. The fourth-order valence-electron chi connectivity index (χ4n) is 1.20. The number of hydrogen-bond donors (Lipinski definition) is 1. The molecule has 2 N–H and O–H groups in total. The Morgan fingerprint density at radius 3 is 2.27 bits per heavy atom. The zero-order valence-corrected chi connectivity index (χ0v) is 10.5. The highest BCUT2D eigenvalue weighted by Gasteiger charge is 2.22. The number of ether oxygens (including phenoxy) is 1. The van der Waals surface area contributed by atoms with E-state index in [1.165, 1.54) is 0 Å². The van der Waals surface area contributed by atoms with Gasteiger partial charge in [0.15, 0.2) is 0 Å². The summed E-state index contributed by atoms with van der Waals surface area (Å²) in [7, 11) is 1.60. The lowest BCUT2D eigenvalue weighted by Crippen LogP contribution is -2.26. The van der Waals surface area contributed by atoms with Crippen molar-refractivity contribution in [1.82, 2.24) is 4.98 Å². The van der Waals surface area contributed by atoms with E-state index in [1.807, 2.05) is 12.1 Å². The third kappa shape index (κ3) is 3.68. The van der Waals surface area contributed by atoms with Crippen LogP contribution < -0.4 is 10.5 Å². The Morgan fingerprint density at radius 2 is 1.93 bits per heavy atom. The molecule has 0 unspecified atom stereocenters. The Bertz CT molecular complexity index is 292. The molecule has 0 bridgehead atoms. The average molecular weight is 231 g/mol. The van der Waals surface area contributed by atoms with Crippen LogP contribution in [0.15, 0.2) is 18.3 Å². The summed E-state index contributed by atoms with van der Waals surface area (Å²) in [6.07, 6.45) is 1.77. The molecule has 0 aliphatic heterocycles. The average Bonchev–Trinajstić information content (AvgIpc) is 2.15. The van der Waals surface area contributed by atoms with Crippen LogP contribution >= 0.6 is 12.4 Å². The van der Waals surface area contributed by atoms with E-state index in [-0.39, 0.29) is 23.9 Å². The molecule has 0 aliphatic carbocycles. The van der Waals surface area contributed by atoms with Gasteiger partial charge < -0.3 is 10.5 Å². The topological polar surface area (TPSA) is 48.1 Å². The molecular weight excluding hydrogens is 212 g/mol. The van der Waals surface area contributed by atoms with Crippen molar-refractivity contribution in [3.8, 4) is 5.88 Å². The molecule has 1 aromatic rings. The van der Waals surface area contributed by atoms with Gasteiger partial charge >= 0.3 is 0 Å². The maximum Gasteiger partial charge on any atom is 0.212 e. The molecule has 86 valence electrons. The summed E-state index contributed by atoms with van der Waals surface area (Å²) >= 11 is 0. The number of aromatic nitrogens is 1. The van der Waals surface area contributed by atoms with Crippen LogP contribution in [0, 0.1) is 5.41 Å². The van der Waals surface area contributed by atoms with Crippen molar-refractivity contribution in [2.24, 2.45) is 11.1 Å². The van der Waals surface area contributed by atoms with Crippen molar-refractivity contribution in [2.45, 2.75) is 26.8 Å². The van der Waals surface area contributed by atoms with Crippen molar-refractivity contribution in [3.05, 3.63) is 23.9 Å². The molecular formula is C11H19ClN2O. The number of rotatable bonds is 2. The van der Waals surface area contributed by atoms with Crippen LogP contribution in [0.5, 0.6) is 5.88 Å². The summed E-state index contributed by atoms with van der Waals surface area (Å²) in [5, 5.41) is 0. The van der Waals surface area contributed by atoms with E-state index in [4.69, 9.17) is 10.5 Å². The zero-order valence-electron chi connectivity index (χ0n) is 9.65. The number of methoxy groups -OCH3 is 1. The van der Waals surface area contributed by atoms with E-state index >= 15 is 0 Å². The highest BCUT2D eigenvalue weighted by atomic mass is 35.5. The van der Waals surface area contributed by atoms with Crippen LogP contribution in [0.3, 0.4) is 0 Å². The van der Waals surface area contributed by atoms with Gasteiger partial charge in [0.1, 0.15) is 0 Å². The van der Waals surface area contributed by atoms with E-state index in [0.717, 1.165) is 5.56 Å². The number of nitrogens with zero attached hydrogens (tertiary/aromatic N) is 1. The van der Waals surface area contributed by atoms with Crippen LogP contribution in [0.2, 0.25) is 0 Å². The number of halogens is 1. The van der Waals surface area contributed by atoms with Crippen LogP contribution in [-0.2, 0) is 0 Å². The molecule has 0 aliphatic rings. The smallest absolute Gasteiger partial charge is 0.212 e. The molecule has 15 heavy (non-hydrogen) atoms. The van der Waals surface area contributed by atoms with Crippen molar-refractivity contribution < 1.29 is 4.74 Å². The van der Waals surface area contributed by atoms with Gasteiger partial charge in [0, 0.05) is 18.3 Å². The lowest BCUT2D eigenvalue weighted by Gasteiger charge is -2.27. The van der Waals surface area contributed by atoms with Gasteiger partial charge in [0.25, 0.3) is 0 Å². The fourth-order valence-corrected chi connectivity index (χ4v) is 1.20. The molecule has 1 atom stereocenters. The van der Waals surface area contributed by atoms with Gasteiger partial charge in [-0.25, -0.2) is 4.98 Å². The summed E-state index contributed by atoms with van der Waals surface area (Å²) in [5.74, 6) is 0.620. The normalized spacial score (nSPS) is 12.9. The predicted molar refractivity (Wildman–Crippen MR) is 64.4 cm³/mol. The molecule has 0 saturated heterocycles. The largest absolute Gasteiger partial charge is 0.481 e. The first-order valence-corrected chi connectivity index (χ1v) is 4.70. The van der Waals surface area contributed by atoms with Crippen molar-refractivity contribution in [1.29, 1.82) is 0 Å². The van der Waals surface area contributed by atoms with Gasteiger partial charge in [-0.3, -0.25) is 0 Å². The SMILES string of the molecule is COc1ccc([C@H](N)C(C)(C)C)cn1.Cl. The first-order chi connectivity index (χ1) is 6.45. The maximum atomic E-state index is 6.08. The fraction of sp³-hybridized carbons (Fsp3) is 0.545. The highest BCUT2D eigenvalue weighted by molar-refractivity contribution is 5.85. The van der Waals surface area contributed by atoms with Crippen LogP contribution in [0.1, 0.15) is 32.4 Å². The Labute approximate surface area is 97.4 Å². The first-order valence-electron chi connectivity index (χ1n) is 4.70. The second-order valence-electron chi connectivity index (χ2n) is 4.48. The van der Waals surface area contributed by atoms with Crippen molar-refractivity contribution in [2.75, 3.05) is 7.11 Å². The Kier molecular flexibility index (Phi) is 5.05. The summed E-state index contributed by atoms with van der Waals surface area (Å²) in [5.41, 5.74) is 7.17. The number of pyridine rings is 1. The molecule has 0 amide bonds. The van der Waals surface area contributed by atoms with Gasteiger partial charge in [-0.2, -0.15) is 0 Å². The standard InChI is InChI=1S/C11H18N2O.ClH/c1-11(2,3)10(12)8-5-6-9(14-4)13-7-8;/h5-7,10H,12H2,1-4H3;1H/t10-;/m0./s1. The minimum atomic E-state index is 0. The molecule has 0 saturated carbocycles. The number of nitrogens with two attached hydrogens (primary N) is 1. The Morgan fingerprint density at radius 1 is 1.33 bits per heavy atom. The molecule has 1 heterocycles. The summed E-state index contributed by atoms with van der Waals surface area (Å²) < 4.78 is 4.98. The minimum absolute atomic E-state index is 0. The predicted octanol–water partition coefficient (Wildman–Crippen LogP) is 2.56. The lowest BCUT2D eigenvalue weighted by atomic mass is 9.84. The number of hydrogen-bond acceptors (Lipinski definition) is 3. The van der Waals surface area contributed by atoms with Gasteiger partial charge in [0.2, 0.25) is 5.88 Å². The Hall–Kier alpha value is -0.800. The van der Waals surface area contributed by atoms with Crippen LogP contribution in [-0.4, -0.2) is 12.1 Å². The molecule has 0 aromatic carbocycles. The zero-order chi connectivity index (χ0) is 10.8. The van der Waals surface area contributed by atoms with Crippen molar-refractivity contribution in [3.63, 3.8) is 0 Å². The Balaban J connectivity index is 0.00000196. The van der Waals surface area contributed by atoms with E-state index in [9.17, 15) is 0 Å². The molecule has 0 radical (unpaired) electrons. The van der Waals surface area contributed by atoms with E-state index < -0.39 is 0 Å². The second-order valence-corrected chi connectivity index (χ2v) is 4.48. The van der Waals surface area contributed by atoms with E-state index in [2.05, 4.69) is 25.8 Å². The molecule has 1 rings (SSSR count). The van der Waals surface area contributed by atoms with Crippen LogP contribution in [0.4, 0.5) is 0 Å². The van der Waals surface area contributed by atoms with Crippen molar-refractivity contribution >= 4 is 12.4 Å². The van der Waals surface area contributed by atoms with E-state index in [0.29, 0.717) is 5.88 Å². The molecule has 0 spiro atoms. The lowest BCUT2D eigenvalue weighted by molar-refractivity contribution is 0.325. The van der Waals surface area contributed by atoms with Gasteiger partial charge in [-0.15, -0.1) is 12.4 Å². The third-order valence-electron chi connectivity index (χ3n) is 2.26. The van der Waals surface area contributed by atoms with E-state index in [1.54, 1.807) is 13.3 Å². The maximum absolute atomic E-state index is 6.08. The van der Waals surface area contributed by atoms with Crippen LogP contribution in [0.25, 0.3) is 0 Å². The first kappa shape index (κ1) is 14.2. The summed E-state index contributed by atoms with van der Waals surface area (Å²) in [6.45, 7) is 6.34. The molecule has 0 fully saturated rings. The van der Waals surface area contributed by atoms with Gasteiger partial charge in [0.05, 0.1) is 7.11 Å². The van der Waals surface area contributed by atoms with Gasteiger partial charge in [-0.05, 0) is 11.0 Å². The molecule has 1 aromatic heterocycles. The summed E-state index contributed by atoms with van der Waals surface area (Å²) in [6, 6.07) is 3.80. The minimum Gasteiger partial charge on any atom is -0.481 e.